The molecule has 0 aliphatic carbocycles. The molecule has 1 saturated heterocycles. The van der Waals surface area contributed by atoms with Gasteiger partial charge in [-0.25, -0.2) is 4.79 Å². The molecular weight excluding hydrogens is 354 g/mol. The van der Waals surface area contributed by atoms with Gasteiger partial charge in [0.1, 0.15) is 6.61 Å². The first kappa shape index (κ1) is 18.2. The van der Waals surface area contributed by atoms with Crippen molar-refractivity contribution in [2.75, 3.05) is 13.2 Å². The number of cyclic esters (lactones) is 1. The molecule has 3 aliphatic heterocycles. The molecule has 3 aliphatic rings. The number of carbonyl (C=O) groups is 2. The minimum atomic E-state index is -1.61. The Hall–Kier alpha value is -2.19. The van der Waals surface area contributed by atoms with Crippen LogP contribution in [0, 0.1) is 0 Å². The van der Waals surface area contributed by atoms with Gasteiger partial charge in [-0.05, 0) is 18.9 Å². The quantitative estimate of drug-likeness (QED) is 0.733. The lowest BCUT2D eigenvalue weighted by Gasteiger charge is -2.36. The molecule has 0 aromatic carbocycles. The Morgan fingerprint density at radius 1 is 1.26 bits per heavy atom. The van der Waals surface area contributed by atoms with Crippen molar-refractivity contribution >= 4 is 11.9 Å². The lowest BCUT2D eigenvalue weighted by atomic mass is 9.85. The molecule has 1 atom stereocenters. The molecule has 0 N–H and O–H groups in total. The summed E-state index contributed by atoms with van der Waals surface area (Å²) in [6.07, 6.45) is 1.48. The molecule has 4 heterocycles. The van der Waals surface area contributed by atoms with Crippen LogP contribution in [0.1, 0.15) is 56.4 Å². The number of rotatable bonds is 4. The van der Waals surface area contributed by atoms with Crippen molar-refractivity contribution in [3.05, 3.63) is 33.2 Å². The molecule has 0 radical (unpaired) electrons. The largest absolute Gasteiger partial charge is 0.457 e. The third-order valence-electron chi connectivity index (χ3n) is 5.56. The molecule has 0 saturated carbocycles. The van der Waals surface area contributed by atoms with E-state index in [9.17, 15) is 14.4 Å². The van der Waals surface area contributed by atoms with E-state index in [2.05, 4.69) is 0 Å². The predicted octanol–water partition coefficient (Wildman–Crippen LogP) is 1.46. The average Bonchev–Trinajstić information content (AvgIpc) is 3.27. The third-order valence-corrected chi connectivity index (χ3v) is 5.56. The number of hydrogen-bond acceptors (Lipinski definition) is 7. The first-order valence-electron chi connectivity index (χ1n) is 9.42. The molecule has 1 aromatic heterocycles. The number of fused-ring (bicyclic) bond motifs is 3. The molecule has 1 fully saturated rings. The summed E-state index contributed by atoms with van der Waals surface area (Å²) >= 11 is 0. The second-order valence-electron chi connectivity index (χ2n) is 7.06. The third kappa shape index (κ3) is 2.54. The van der Waals surface area contributed by atoms with E-state index in [1.165, 1.54) is 0 Å². The highest BCUT2D eigenvalue weighted by Crippen LogP contribution is 2.44. The van der Waals surface area contributed by atoms with E-state index in [4.69, 9.17) is 18.9 Å². The van der Waals surface area contributed by atoms with Crippen molar-refractivity contribution in [3.8, 4) is 0 Å². The Bertz CT molecular complexity index is 852. The predicted molar refractivity (Wildman–Crippen MR) is 91.7 cm³/mol. The summed E-state index contributed by atoms with van der Waals surface area (Å²) in [5, 5.41) is 0. The van der Waals surface area contributed by atoms with Gasteiger partial charge in [0.25, 0.3) is 5.56 Å². The highest BCUT2D eigenvalue weighted by atomic mass is 16.7. The summed E-state index contributed by atoms with van der Waals surface area (Å²) in [4.78, 5) is 38.0. The summed E-state index contributed by atoms with van der Waals surface area (Å²) in [6.45, 7) is 4.80. The molecule has 0 unspecified atom stereocenters. The number of carbonyl (C=O) groups excluding carboxylic acids is 2. The maximum absolute atomic E-state index is 13.1. The zero-order valence-corrected chi connectivity index (χ0v) is 15.5. The standard InChI is InChI=1S/C19H23NO7/c1-3-5-15(21)27-18(4-2)13-10-14-19(25-8-9-26-19)6-7-20(14)16(22)12(13)11-24-17(18)23/h10H,3-9,11H2,1-2H3/t18-/m0/s1. The minimum Gasteiger partial charge on any atom is -0.457 e. The SMILES string of the molecule is CCCC(=O)O[C@]1(CC)C(=O)OCc2c1cc1n(c2=O)CCC12OCCO2. The Morgan fingerprint density at radius 3 is 2.67 bits per heavy atom. The van der Waals surface area contributed by atoms with E-state index in [1.807, 2.05) is 6.92 Å². The van der Waals surface area contributed by atoms with E-state index < -0.39 is 23.3 Å². The summed E-state index contributed by atoms with van der Waals surface area (Å²) in [6, 6.07) is 1.73. The number of esters is 2. The zero-order valence-electron chi connectivity index (χ0n) is 15.5. The molecular formula is C19H23NO7. The van der Waals surface area contributed by atoms with Crippen molar-refractivity contribution in [2.24, 2.45) is 0 Å². The van der Waals surface area contributed by atoms with E-state index in [-0.39, 0.29) is 25.0 Å². The van der Waals surface area contributed by atoms with Gasteiger partial charge in [0.15, 0.2) is 0 Å². The number of ether oxygens (including phenoxy) is 4. The van der Waals surface area contributed by atoms with Gasteiger partial charge in [0, 0.05) is 24.9 Å². The zero-order chi connectivity index (χ0) is 19.2. The van der Waals surface area contributed by atoms with Gasteiger partial charge in [-0.1, -0.05) is 13.8 Å². The lowest BCUT2D eigenvalue weighted by Crippen LogP contribution is -2.48. The first-order chi connectivity index (χ1) is 13.0. The maximum atomic E-state index is 13.1. The summed E-state index contributed by atoms with van der Waals surface area (Å²) in [7, 11) is 0. The molecule has 8 heteroatoms. The van der Waals surface area contributed by atoms with Gasteiger partial charge in [-0.15, -0.1) is 0 Å². The number of nitrogens with zero attached hydrogens (tertiary/aromatic N) is 1. The highest BCUT2D eigenvalue weighted by Gasteiger charge is 2.53. The lowest BCUT2D eigenvalue weighted by molar-refractivity contribution is -0.189. The fourth-order valence-electron chi connectivity index (χ4n) is 4.18. The van der Waals surface area contributed by atoms with Crippen LogP contribution >= 0.6 is 0 Å². The van der Waals surface area contributed by atoms with Crippen LogP contribution in [0.25, 0.3) is 0 Å². The summed E-state index contributed by atoms with van der Waals surface area (Å²) in [5.74, 6) is -2.11. The number of aromatic nitrogens is 1. The van der Waals surface area contributed by atoms with Crippen LogP contribution in [-0.4, -0.2) is 29.7 Å². The van der Waals surface area contributed by atoms with E-state index in [0.717, 1.165) is 0 Å². The van der Waals surface area contributed by atoms with Crippen molar-refractivity contribution in [3.63, 3.8) is 0 Å². The fourth-order valence-corrected chi connectivity index (χ4v) is 4.18. The van der Waals surface area contributed by atoms with Crippen molar-refractivity contribution in [2.45, 2.75) is 64.1 Å². The van der Waals surface area contributed by atoms with Gasteiger partial charge >= 0.3 is 11.9 Å². The normalized spacial score (nSPS) is 25.2. The monoisotopic (exact) mass is 377 g/mol. The summed E-state index contributed by atoms with van der Waals surface area (Å²) in [5.41, 5.74) is -0.559. The number of hydrogen-bond donors (Lipinski definition) is 0. The van der Waals surface area contributed by atoms with Crippen molar-refractivity contribution < 1.29 is 28.5 Å². The molecule has 4 rings (SSSR count). The number of pyridine rings is 1. The molecule has 0 amide bonds. The fraction of sp³-hybridized carbons (Fsp3) is 0.632. The van der Waals surface area contributed by atoms with Crippen LogP contribution in [0.4, 0.5) is 0 Å². The Labute approximate surface area is 156 Å². The van der Waals surface area contributed by atoms with Crippen molar-refractivity contribution in [1.82, 2.24) is 4.57 Å². The topological polar surface area (TPSA) is 93.1 Å². The van der Waals surface area contributed by atoms with Crippen molar-refractivity contribution in [1.29, 1.82) is 0 Å². The van der Waals surface area contributed by atoms with Gasteiger partial charge in [0.2, 0.25) is 11.4 Å². The molecule has 0 bridgehead atoms. The average molecular weight is 377 g/mol. The molecule has 8 nitrogen and oxygen atoms in total. The molecule has 1 spiro atoms. The first-order valence-corrected chi connectivity index (χ1v) is 9.42. The Balaban J connectivity index is 1.89. The van der Waals surface area contributed by atoms with Gasteiger partial charge in [-0.2, -0.15) is 0 Å². The van der Waals surface area contributed by atoms with Gasteiger partial charge in [0.05, 0.1) is 24.5 Å². The molecule has 146 valence electrons. The van der Waals surface area contributed by atoms with Crippen LogP contribution in [0.2, 0.25) is 0 Å². The van der Waals surface area contributed by atoms with E-state index in [0.29, 0.717) is 49.4 Å². The van der Waals surface area contributed by atoms with Crippen LogP contribution in [0.3, 0.4) is 0 Å². The molecule has 1 aromatic rings. The Kier molecular flexibility index (Phi) is 4.35. The second-order valence-corrected chi connectivity index (χ2v) is 7.06. The van der Waals surface area contributed by atoms with Crippen LogP contribution < -0.4 is 5.56 Å². The summed E-state index contributed by atoms with van der Waals surface area (Å²) < 4.78 is 24.1. The Morgan fingerprint density at radius 2 is 2.00 bits per heavy atom. The smallest absolute Gasteiger partial charge is 0.355 e. The molecule has 27 heavy (non-hydrogen) atoms. The van der Waals surface area contributed by atoms with Gasteiger partial charge < -0.3 is 23.5 Å². The van der Waals surface area contributed by atoms with Crippen LogP contribution in [0.15, 0.2) is 10.9 Å². The maximum Gasteiger partial charge on any atom is 0.355 e. The van der Waals surface area contributed by atoms with E-state index in [1.54, 1.807) is 17.6 Å². The highest BCUT2D eigenvalue weighted by molar-refractivity contribution is 5.86. The van der Waals surface area contributed by atoms with Crippen LogP contribution in [0.5, 0.6) is 0 Å². The van der Waals surface area contributed by atoms with E-state index >= 15 is 0 Å². The minimum absolute atomic E-state index is 0.130. The van der Waals surface area contributed by atoms with Gasteiger partial charge in [-0.3, -0.25) is 9.59 Å². The van der Waals surface area contributed by atoms with Crippen LogP contribution in [-0.2, 0) is 53.1 Å². The second kappa shape index (κ2) is 6.45.